The summed E-state index contributed by atoms with van der Waals surface area (Å²) in [4.78, 5) is 44.7. The van der Waals surface area contributed by atoms with Gasteiger partial charge in [-0.3, -0.25) is 19.4 Å². The van der Waals surface area contributed by atoms with E-state index in [1.807, 2.05) is 35.5 Å². The smallest absolute Gasteiger partial charge is 0.255 e. The number of aromatic nitrogens is 2. The molecule has 2 aromatic carbocycles. The molecule has 2 amide bonds. The monoisotopic (exact) mass is 847 g/mol. The van der Waals surface area contributed by atoms with Crippen LogP contribution in [-0.2, 0) is 17.8 Å². The van der Waals surface area contributed by atoms with Crippen LogP contribution in [0.1, 0.15) is 123 Å². The highest BCUT2D eigenvalue weighted by Gasteiger charge is 2.46. The Morgan fingerprint density at radius 3 is 2.55 bits per heavy atom. The molecule has 3 aromatic rings. The number of hydrogen-bond acceptors (Lipinski definition) is 8. The molecule has 62 heavy (non-hydrogen) atoms. The van der Waals surface area contributed by atoms with Crippen molar-refractivity contribution in [2.75, 3.05) is 44.2 Å². The van der Waals surface area contributed by atoms with Gasteiger partial charge in [-0.05, 0) is 118 Å². The van der Waals surface area contributed by atoms with Gasteiger partial charge in [-0.2, -0.15) is 0 Å². The SMILES string of the molecule is C=C1CCC(N2Cc3c(ccc4c3OC[C@@H]3CN(CC5CC(CCC)(CCCc6ncc([C@@H]7C(C)=C(c8ccccc8C)CC(C)N7CC(F)F)cn6)C5)CCN43)C2=O)C(=O)N1. The number of carbonyl (C=O) groups is 2. The predicted octanol–water partition coefficient (Wildman–Crippen LogP) is 8.51. The highest BCUT2D eigenvalue weighted by atomic mass is 19.3. The normalized spacial score (nSPS) is 27.8. The average molecular weight is 848 g/mol. The standard InChI is InChI=1S/C50H63F2N7O3/c1-6-17-50(18-9-12-45-53-24-36(25-54-45)46-34(5)40(38-11-8-7-10-31(38)2)21-33(4)58(46)29-44(51)52)22-35(23-50)26-56-19-20-57-37(27-56)30-62-47-41-28-59(43-15-13-32(3)55-48(43)60)49(61)39(41)14-16-42(47)57/h7-8,10-11,14,16,24-25,33,35,37,43-44,46H,3,6,9,12-13,15,17-23,26-30H2,1-2,4-5H3,(H,55,60)/t33?,35?,37-,43?,46-,50?/m0/s1. The van der Waals surface area contributed by atoms with Crippen LogP contribution in [0.4, 0.5) is 14.5 Å². The summed E-state index contributed by atoms with van der Waals surface area (Å²) in [6, 6.07) is 11.8. The summed E-state index contributed by atoms with van der Waals surface area (Å²) in [6.07, 6.45) is 11.3. The van der Waals surface area contributed by atoms with Gasteiger partial charge >= 0.3 is 0 Å². The van der Waals surface area contributed by atoms with E-state index >= 15 is 0 Å². The predicted molar refractivity (Wildman–Crippen MR) is 238 cm³/mol. The summed E-state index contributed by atoms with van der Waals surface area (Å²) in [7, 11) is 0. The van der Waals surface area contributed by atoms with Crippen LogP contribution in [0.25, 0.3) is 5.57 Å². The molecule has 3 fully saturated rings. The first kappa shape index (κ1) is 42.6. The number of piperidine rings is 1. The van der Waals surface area contributed by atoms with Crippen molar-refractivity contribution in [2.24, 2.45) is 11.3 Å². The van der Waals surface area contributed by atoms with E-state index in [1.165, 1.54) is 48.8 Å². The van der Waals surface area contributed by atoms with E-state index in [1.54, 1.807) is 4.90 Å². The number of anilines is 1. The minimum Gasteiger partial charge on any atom is -0.489 e. The van der Waals surface area contributed by atoms with Gasteiger partial charge in [-0.1, -0.05) is 44.2 Å². The maximum Gasteiger partial charge on any atom is 0.255 e. The van der Waals surface area contributed by atoms with Crippen LogP contribution in [0.5, 0.6) is 5.75 Å². The zero-order valence-corrected chi connectivity index (χ0v) is 37.0. The molecule has 10 nitrogen and oxygen atoms in total. The molecule has 1 aromatic heterocycles. The largest absolute Gasteiger partial charge is 0.489 e. The molecule has 1 saturated carbocycles. The first-order valence-electron chi connectivity index (χ1n) is 23.1. The molecule has 6 heterocycles. The number of ether oxygens (including phenoxy) is 1. The van der Waals surface area contributed by atoms with Gasteiger partial charge in [0.2, 0.25) is 5.91 Å². The van der Waals surface area contributed by atoms with Crippen LogP contribution in [0.2, 0.25) is 0 Å². The molecule has 9 rings (SSSR count). The zero-order valence-electron chi connectivity index (χ0n) is 37.0. The Morgan fingerprint density at radius 2 is 1.81 bits per heavy atom. The van der Waals surface area contributed by atoms with E-state index in [4.69, 9.17) is 14.7 Å². The first-order chi connectivity index (χ1) is 29.9. The Balaban J connectivity index is 0.784. The van der Waals surface area contributed by atoms with Crippen molar-refractivity contribution in [1.29, 1.82) is 0 Å². The molecule has 12 heteroatoms. The molecule has 6 aliphatic rings. The lowest BCUT2D eigenvalue weighted by Crippen LogP contribution is -2.58. The lowest BCUT2D eigenvalue weighted by molar-refractivity contribution is -0.126. The molecular formula is C50H63F2N7O3. The Morgan fingerprint density at radius 1 is 1.02 bits per heavy atom. The minimum atomic E-state index is -2.42. The zero-order chi connectivity index (χ0) is 43.3. The van der Waals surface area contributed by atoms with Gasteiger partial charge in [-0.25, -0.2) is 18.7 Å². The Hall–Kier alpha value is -4.68. The van der Waals surface area contributed by atoms with E-state index in [9.17, 15) is 18.4 Å². The first-order valence-corrected chi connectivity index (χ1v) is 23.1. The lowest BCUT2D eigenvalue weighted by atomic mass is 9.57. The second kappa shape index (κ2) is 17.5. The maximum absolute atomic E-state index is 13.9. The molecule has 0 bridgehead atoms. The molecule has 4 atom stereocenters. The van der Waals surface area contributed by atoms with Gasteiger partial charge in [0.25, 0.3) is 12.3 Å². The van der Waals surface area contributed by atoms with Crippen molar-refractivity contribution in [3.8, 4) is 5.75 Å². The molecule has 330 valence electrons. The summed E-state index contributed by atoms with van der Waals surface area (Å²) in [6.45, 7) is 17.1. The van der Waals surface area contributed by atoms with Gasteiger partial charge in [0.05, 0.1) is 30.9 Å². The topological polar surface area (TPSA) is 94.1 Å². The van der Waals surface area contributed by atoms with E-state index in [0.29, 0.717) is 48.6 Å². The van der Waals surface area contributed by atoms with E-state index < -0.39 is 12.5 Å². The third kappa shape index (κ3) is 8.17. The van der Waals surface area contributed by atoms with Gasteiger partial charge in [-0.15, -0.1) is 0 Å². The number of benzene rings is 2. The number of allylic oxidation sites excluding steroid dienone is 1. The van der Waals surface area contributed by atoms with E-state index in [-0.39, 0.29) is 36.5 Å². The number of amides is 2. The van der Waals surface area contributed by atoms with Crippen LogP contribution in [0, 0.1) is 18.3 Å². The number of halogens is 2. The van der Waals surface area contributed by atoms with Crippen LogP contribution >= 0.6 is 0 Å². The van der Waals surface area contributed by atoms with E-state index in [0.717, 1.165) is 79.4 Å². The average Bonchev–Trinajstić information content (AvgIpc) is 3.57. The Kier molecular flexibility index (Phi) is 12.0. The molecule has 0 spiro atoms. The van der Waals surface area contributed by atoms with Crippen LogP contribution < -0.4 is 15.0 Å². The maximum atomic E-state index is 13.9. The summed E-state index contributed by atoms with van der Waals surface area (Å²) in [5.41, 5.74) is 9.31. The summed E-state index contributed by atoms with van der Waals surface area (Å²) >= 11 is 0. The van der Waals surface area contributed by atoms with Gasteiger partial charge in [0.1, 0.15) is 24.2 Å². The Labute approximate surface area is 365 Å². The van der Waals surface area contributed by atoms with Crippen LogP contribution in [0.15, 0.2) is 66.6 Å². The second-order valence-corrected chi connectivity index (χ2v) is 19.3. The lowest BCUT2D eigenvalue weighted by Gasteiger charge is -2.52. The number of aryl methyl sites for hydroxylation is 2. The van der Waals surface area contributed by atoms with Crippen molar-refractivity contribution in [1.82, 2.24) is 30.0 Å². The number of nitrogens with one attached hydrogen (secondary N) is 1. The molecule has 1 aliphatic carbocycles. The molecule has 2 saturated heterocycles. The van der Waals surface area contributed by atoms with Gasteiger partial charge in [0.15, 0.2) is 0 Å². The van der Waals surface area contributed by atoms with E-state index in [2.05, 4.69) is 67.6 Å². The molecule has 1 N–H and O–H groups in total. The number of alkyl halides is 2. The fraction of sp³-hybridized carbons (Fsp3) is 0.560. The fourth-order valence-electron chi connectivity index (χ4n) is 12.1. The highest BCUT2D eigenvalue weighted by molar-refractivity contribution is 6.03. The quantitative estimate of drug-likeness (QED) is 0.183. The van der Waals surface area contributed by atoms with Crippen molar-refractivity contribution < 1.29 is 23.1 Å². The summed E-state index contributed by atoms with van der Waals surface area (Å²) in [5.74, 6) is 2.07. The van der Waals surface area contributed by atoms with Crippen LogP contribution in [0.3, 0.4) is 0 Å². The molecule has 0 radical (unpaired) electrons. The van der Waals surface area contributed by atoms with Crippen molar-refractivity contribution in [3.63, 3.8) is 0 Å². The number of piperazine rings is 1. The number of hydrogen-bond donors (Lipinski definition) is 1. The van der Waals surface area contributed by atoms with Crippen molar-refractivity contribution in [3.05, 3.63) is 100 Å². The third-order valence-corrected chi connectivity index (χ3v) is 15.0. The summed E-state index contributed by atoms with van der Waals surface area (Å²) < 4.78 is 34.3. The summed E-state index contributed by atoms with van der Waals surface area (Å²) in [5, 5.41) is 2.83. The van der Waals surface area contributed by atoms with Crippen LogP contribution in [-0.4, -0.2) is 100 Å². The Bertz CT molecular complexity index is 2220. The second-order valence-electron chi connectivity index (χ2n) is 19.3. The van der Waals surface area contributed by atoms with Crippen molar-refractivity contribution in [2.45, 2.75) is 129 Å². The van der Waals surface area contributed by atoms with Gasteiger partial charge < -0.3 is 19.9 Å². The third-order valence-electron chi connectivity index (χ3n) is 15.0. The molecule has 2 unspecified atom stereocenters. The molecule has 5 aliphatic heterocycles. The highest BCUT2D eigenvalue weighted by Crippen LogP contribution is 2.53. The number of rotatable bonds is 13. The molecular weight excluding hydrogens is 785 g/mol. The number of carbonyl (C=O) groups excluding carboxylic acids is 2. The van der Waals surface area contributed by atoms with Crippen molar-refractivity contribution >= 4 is 23.1 Å². The fourth-order valence-corrected chi connectivity index (χ4v) is 12.1. The number of fused-ring (bicyclic) bond motifs is 5. The van der Waals surface area contributed by atoms with Gasteiger partial charge in [0, 0.05) is 73.4 Å². The number of nitrogens with zero attached hydrogens (tertiary/aromatic N) is 6. The minimum absolute atomic E-state index is 0.0416.